The van der Waals surface area contributed by atoms with E-state index in [-0.39, 0.29) is 22.3 Å². The van der Waals surface area contributed by atoms with E-state index in [2.05, 4.69) is 25.7 Å². The molecule has 1 amide bonds. The molecule has 2 fully saturated rings. The number of carbonyl (C=O) groups excluding carboxylic acids is 2. The van der Waals surface area contributed by atoms with E-state index in [0.717, 1.165) is 43.1 Å². The Kier molecular flexibility index (Phi) is 6.99. The van der Waals surface area contributed by atoms with Gasteiger partial charge < -0.3 is 19.6 Å². The Morgan fingerprint density at radius 3 is 2.29 bits per heavy atom. The summed E-state index contributed by atoms with van der Waals surface area (Å²) in [6, 6.07) is 11.0. The third-order valence-corrected chi connectivity index (χ3v) is 6.91. The highest BCUT2D eigenvalue weighted by atomic mass is 19.1. The molecule has 7 heteroatoms. The van der Waals surface area contributed by atoms with Gasteiger partial charge in [0.25, 0.3) is 11.7 Å². The maximum absolute atomic E-state index is 14.4. The highest BCUT2D eigenvalue weighted by molar-refractivity contribution is 6.46. The van der Waals surface area contributed by atoms with Crippen molar-refractivity contribution in [3.05, 3.63) is 70.5 Å². The molecule has 2 aliphatic heterocycles. The number of carbonyl (C=O) groups is 2. The van der Waals surface area contributed by atoms with Crippen LogP contribution in [0.25, 0.3) is 5.76 Å². The van der Waals surface area contributed by atoms with Crippen molar-refractivity contribution in [1.82, 2.24) is 9.80 Å². The third kappa shape index (κ3) is 4.96. The summed E-state index contributed by atoms with van der Waals surface area (Å²) < 4.78 is 19.4. The first-order valence-corrected chi connectivity index (χ1v) is 12.1. The second-order valence-corrected chi connectivity index (χ2v) is 10.3. The van der Waals surface area contributed by atoms with Gasteiger partial charge in [0.05, 0.1) is 18.7 Å². The molecule has 186 valence electrons. The van der Waals surface area contributed by atoms with Gasteiger partial charge in [0.1, 0.15) is 5.76 Å². The second-order valence-electron chi connectivity index (χ2n) is 10.3. The molecule has 2 aromatic rings. The summed E-state index contributed by atoms with van der Waals surface area (Å²) >= 11 is 0. The molecule has 6 nitrogen and oxygen atoms in total. The van der Waals surface area contributed by atoms with Gasteiger partial charge in [0.15, 0.2) is 11.6 Å². The fourth-order valence-corrected chi connectivity index (χ4v) is 4.85. The van der Waals surface area contributed by atoms with Gasteiger partial charge in [0, 0.05) is 18.7 Å². The number of halogens is 1. The first kappa shape index (κ1) is 24.9. The quantitative estimate of drug-likeness (QED) is 0.370. The van der Waals surface area contributed by atoms with E-state index >= 15 is 0 Å². The summed E-state index contributed by atoms with van der Waals surface area (Å²) in [5.41, 5.74) is 1.89. The van der Waals surface area contributed by atoms with Crippen LogP contribution >= 0.6 is 0 Å². The maximum atomic E-state index is 14.4. The van der Waals surface area contributed by atoms with Crippen molar-refractivity contribution in [2.45, 2.75) is 45.1 Å². The molecular weight excluding hydrogens is 447 g/mol. The summed E-state index contributed by atoms with van der Waals surface area (Å²) in [6.45, 7) is 9.30. The number of aliphatic hydroxyl groups is 1. The Morgan fingerprint density at radius 1 is 1.06 bits per heavy atom. The van der Waals surface area contributed by atoms with E-state index in [0.29, 0.717) is 13.1 Å². The molecule has 2 saturated heterocycles. The number of Topliss-reactive ketones (excluding diaryl/α,β-unsaturated/α-hetero) is 1. The summed E-state index contributed by atoms with van der Waals surface area (Å²) in [5, 5.41) is 11.2. The van der Waals surface area contributed by atoms with E-state index in [4.69, 9.17) is 4.74 Å². The highest BCUT2D eigenvalue weighted by Crippen LogP contribution is 2.40. The SMILES string of the molecule is COc1ccc(/C(O)=C2\C(=O)C(=O)N(CCN3CCCC3)C2c2ccc(C(C)(C)C)cc2)cc1F. The lowest BCUT2D eigenvalue weighted by molar-refractivity contribution is -0.140. The van der Waals surface area contributed by atoms with Crippen LogP contribution in [0.2, 0.25) is 0 Å². The van der Waals surface area contributed by atoms with Gasteiger partial charge in [0.2, 0.25) is 0 Å². The monoisotopic (exact) mass is 480 g/mol. The minimum absolute atomic E-state index is 0.0236. The zero-order valence-electron chi connectivity index (χ0n) is 20.8. The van der Waals surface area contributed by atoms with Crippen LogP contribution in [0.15, 0.2) is 48.0 Å². The van der Waals surface area contributed by atoms with Gasteiger partial charge in [-0.2, -0.15) is 0 Å². The zero-order chi connectivity index (χ0) is 25.3. The van der Waals surface area contributed by atoms with Gasteiger partial charge in [-0.05, 0) is 60.7 Å². The zero-order valence-corrected chi connectivity index (χ0v) is 20.8. The molecule has 2 aliphatic rings. The lowest BCUT2D eigenvalue weighted by Crippen LogP contribution is -2.37. The molecule has 0 saturated carbocycles. The van der Waals surface area contributed by atoms with Crippen LogP contribution in [-0.4, -0.2) is 59.9 Å². The Hall–Kier alpha value is -3.19. The van der Waals surface area contributed by atoms with Crippen LogP contribution in [0.5, 0.6) is 5.75 Å². The number of aliphatic hydroxyl groups excluding tert-OH is 1. The number of methoxy groups -OCH3 is 1. The summed E-state index contributed by atoms with van der Waals surface area (Å²) in [5.74, 6) is -2.43. The predicted octanol–water partition coefficient (Wildman–Crippen LogP) is 4.65. The lowest BCUT2D eigenvalue weighted by atomic mass is 9.85. The number of ketones is 1. The standard InChI is InChI=1S/C28H33FN2O4/c1-28(2,3)20-10-7-18(8-11-20)24-23(25(32)19-9-12-22(35-4)21(29)17-19)26(33)27(34)31(24)16-15-30-13-5-6-14-30/h7-12,17,24,32H,5-6,13-16H2,1-4H3/b25-23+. The number of ether oxygens (including phenoxy) is 1. The molecule has 0 spiro atoms. The molecule has 0 aromatic heterocycles. The highest BCUT2D eigenvalue weighted by Gasteiger charge is 2.46. The van der Waals surface area contributed by atoms with Crippen LogP contribution in [0.1, 0.15) is 56.3 Å². The summed E-state index contributed by atoms with van der Waals surface area (Å²) in [6.07, 6.45) is 2.25. The third-order valence-electron chi connectivity index (χ3n) is 6.91. The van der Waals surface area contributed by atoms with Crippen LogP contribution in [0.4, 0.5) is 4.39 Å². The van der Waals surface area contributed by atoms with E-state index in [1.54, 1.807) is 0 Å². The first-order valence-electron chi connectivity index (χ1n) is 12.1. The molecule has 0 radical (unpaired) electrons. The van der Waals surface area contributed by atoms with Gasteiger partial charge in [-0.25, -0.2) is 4.39 Å². The number of likely N-dealkylation sites (tertiary alicyclic amines) is 2. The lowest BCUT2D eigenvalue weighted by Gasteiger charge is -2.28. The van der Waals surface area contributed by atoms with E-state index in [9.17, 15) is 19.1 Å². The number of nitrogens with zero attached hydrogens (tertiary/aromatic N) is 2. The molecule has 35 heavy (non-hydrogen) atoms. The van der Waals surface area contributed by atoms with Gasteiger partial charge in [-0.1, -0.05) is 45.0 Å². The van der Waals surface area contributed by atoms with E-state index in [1.807, 2.05) is 24.3 Å². The topological polar surface area (TPSA) is 70.1 Å². The number of hydrogen-bond donors (Lipinski definition) is 1. The molecule has 0 bridgehead atoms. The van der Waals surface area contributed by atoms with Gasteiger partial charge in [-0.3, -0.25) is 9.59 Å². The molecule has 4 rings (SSSR count). The molecule has 2 aromatic carbocycles. The van der Waals surface area contributed by atoms with Crippen molar-refractivity contribution in [3.8, 4) is 5.75 Å². The fourth-order valence-electron chi connectivity index (χ4n) is 4.85. The second kappa shape index (κ2) is 9.82. The summed E-state index contributed by atoms with van der Waals surface area (Å²) in [7, 11) is 1.35. The van der Waals surface area contributed by atoms with Crippen LogP contribution in [0, 0.1) is 5.82 Å². The van der Waals surface area contributed by atoms with Gasteiger partial charge in [-0.15, -0.1) is 0 Å². The van der Waals surface area contributed by atoms with Crippen molar-refractivity contribution in [3.63, 3.8) is 0 Å². The van der Waals surface area contributed by atoms with Crippen LogP contribution < -0.4 is 4.74 Å². The van der Waals surface area contributed by atoms with Crippen LogP contribution in [-0.2, 0) is 15.0 Å². The van der Waals surface area contributed by atoms with Crippen molar-refractivity contribution in [2.24, 2.45) is 0 Å². The van der Waals surface area contributed by atoms with Crippen molar-refractivity contribution < 1.29 is 23.8 Å². The number of hydrogen-bond acceptors (Lipinski definition) is 5. The number of amides is 1. The smallest absolute Gasteiger partial charge is 0.295 e. The van der Waals surface area contributed by atoms with Crippen LogP contribution in [0.3, 0.4) is 0 Å². The number of benzene rings is 2. The maximum Gasteiger partial charge on any atom is 0.295 e. The van der Waals surface area contributed by atoms with Crippen molar-refractivity contribution >= 4 is 17.4 Å². The predicted molar refractivity (Wildman–Crippen MR) is 133 cm³/mol. The Morgan fingerprint density at radius 2 is 1.71 bits per heavy atom. The molecule has 2 heterocycles. The Labute approximate surface area is 206 Å². The van der Waals surface area contributed by atoms with Crippen molar-refractivity contribution in [1.29, 1.82) is 0 Å². The normalized spacial score (nSPS) is 20.6. The van der Waals surface area contributed by atoms with E-state index < -0.39 is 29.3 Å². The molecule has 0 aliphatic carbocycles. The molecule has 1 atom stereocenters. The first-order chi connectivity index (χ1) is 16.6. The van der Waals surface area contributed by atoms with Crippen molar-refractivity contribution in [2.75, 3.05) is 33.3 Å². The van der Waals surface area contributed by atoms with E-state index in [1.165, 1.54) is 24.1 Å². The average molecular weight is 481 g/mol. The molecular formula is C28H33FN2O4. The fraction of sp³-hybridized carbons (Fsp3) is 0.429. The Bertz CT molecular complexity index is 1140. The average Bonchev–Trinajstić information content (AvgIpc) is 3.43. The van der Waals surface area contributed by atoms with Gasteiger partial charge >= 0.3 is 0 Å². The largest absolute Gasteiger partial charge is 0.507 e. The summed E-state index contributed by atoms with van der Waals surface area (Å²) in [4.78, 5) is 30.2. The molecule has 1 N–H and O–H groups in total. The minimum Gasteiger partial charge on any atom is -0.507 e. The molecule has 1 unspecified atom stereocenters. The Balaban J connectivity index is 1.78. The minimum atomic E-state index is -0.759. The number of rotatable bonds is 6.